The Hall–Kier alpha value is -4.00. The Morgan fingerprint density at radius 1 is 0.514 bits per heavy atom. The summed E-state index contributed by atoms with van der Waals surface area (Å²) in [6.07, 6.45) is 0. The van der Waals surface area contributed by atoms with Crippen LogP contribution in [0.5, 0.6) is 23.0 Å². The number of ether oxygens (including phenoxy) is 5. The summed E-state index contributed by atoms with van der Waals surface area (Å²) in [5, 5.41) is 8.91. The Labute approximate surface area is 218 Å². The lowest BCUT2D eigenvalue weighted by molar-refractivity contribution is -0.00245. The van der Waals surface area contributed by atoms with Crippen LogP contribution in [0, 0.1) is 0 Å². The Kier molecular flexibility index (Phi) is 9.03. The minimum Gasteiger partial charge on any atom is -0.497 e. The van der Waals surface area contributed by atoms with Crippen molar-refractivity contribution < 1.29 is 28.8 Å². The van der Waals surface area contributed by atoms with Crippen molar-refractivity contribution in [3.05, 3.63) is 120 Å². The van der Waals surface area contributed by atoms with Gasteiger partial charge in [0, 0.05) is 0 Å². The first kappa shape index (κ1) is 26.1. The maximum atomic E-state index is 8.91. The third-order valence-corrected chi connectivity index (χ3v) is 6.03. The molecule has 0 fully saturated rings. The average molecular weight is 501 g/mol. The Bertz CT molecular complexity index is 1160. The van der Waals surface area contributed by atoms with Gasteiger partial charge in [-0.15, -0.1) is 0 Å². The number of benzene rings is 4. The Morgan fingerprint density at radius 2 is 0.946 bits per heavy atom. The highest BCUT2D eigenvalue weighted by atomic mass is 16.5. The summed E-state index contributed by atoms with van der Waals surface area (Å²) >= 11 is 0. The molecule has 0 unspecified atom stereocenters. The summed E-state index contributed by atoms with van der Waals surface area (Å²) in [7, 11) is 3.31. The summed E-state index contributed by atoms with van der Waals surface area (Å²) in [6, 6.07) is 33.3. The van der Waals surface area contributed by atoms with Crippen LogP contribution >= 0.6 is 0 Å². The fraction of sp³-hybridized carbons (Fsp3) is 0.226. The molecule has 0 atom stereocenters. The molecular formula is C31H32O6. The number of hydrogen-bond acceptors (Lipinski definition) is 6. The van der Waals surface area contributed by atoms with Crippen molar-refractivity contribution in [1.29, 1.82) is 0 Å². The van der Waals surface area contributed by atoms with Gasteiger partial charge in [-0.25, -0.2) is 0 Å². The summed E-state index contributed by atoms with van der Waals surface area (Å²) in [4.78, 5) is 0. The topological polar surface area (TPSA) is 66.4 Å². The second-order valence-corrected chi connectivity index (χ2v) is 8.24. The minimum atomic E-state index is -0.884. The van der Waals surface area contributed by atoms with Crippen LogP contribution in [0.4, 0.5) is 0 Å². The molecule has 0 saturated heterocycles. The van der Waals surface area contributed by atoms with Crippen molar-refractivity contribution in [3.8, 4) is 23.0 Å². The van der Waals surface area contributed by atoms with Crippen LogP contribution in [-0.2, 0) is 10.3 Å². The van der Waals surface area contributed by atoms with E-state index in [1.54, 1.807) is 14.2 Å². The average Bonchev–Trinajstić information content (AvgIpc) is 2.97. The van der Waals surface area contributed by atoms with Crippen LogP contribution in [0.3, 0.4) is 0 Å². The molecule has 0 bridgehead atoms. The largest absolute Gasteiger partial charge is 0.497 e. The molecule has 1 N–H and O–H groups in total. The molecule has 4 aromatic rings. The van der Waals surface area contributed by atoms with Crippen LogP contribution in [0.25, 0.3) is 0 Å². The second kappa shape index (κ2) is 12.8. The molecule has 192 valence electrons. The van der Waals surface area contributed by atoms with Gasteiger partial charge in [-0.05, 0) is 65.2 Å². The Morgan fingerprint density at radius 3 is 1.41 bits per heavy atom. The molecule has 0 aliphatic heterocycles. The third-order valence-electron chi connectivity index (χ3n) is 6.03. The van der Waals surface area contributed by atoms with Crippen molar-refractivity contribution in [3.63, 3.8) is 0 Å². The van der Waals surface area contributed by atoms with Gasteiger partial charge < -0.3 is 28.8 Å². The predicted octanol–water partition coefficient (Wildman–Crippen LogP) is 5.46. The van der Waals surface area contributed by atoms with Crippen LogP contribution in [0.1, 0.15) is 16.7 Å². The fourth-order valence-corrected chi connectivity index (χ4v) is 4.22. The lowest BCUT2D eigenvalue weighted by Gasteiger charge is -2.36. The van der Waals surface area contributed by atoms with Crippen LogP contribution in [0.2, 0.25) is 0 Å². The van der Waals surface area contributed by atoms with Gasteiger partial charge in [-0.1, -0.05) is 54.6 Å². The number of hydrogen-bond donors (Lipinski definition) is 1. The van der Waals surface area contributed by atoms with Crippen LogP contribution in [-0.4, -0.2) is 45.8 Å². The molecule has 0 amide bonds. The molecule has 6 nitrogen and oxygen atoms in total. The van der Waals surface area contributed by atoms with E-state index in [9.17, 15) is 0 Å². The molecule has 37 heavy (non-hydrogen) atoms. The van der Waals surface area contributed by atoms with Crippen molar-refractivity contribution in [2.75, 3.05) is 40.6 Å². The molecule has 4 aromatic carbocycles. The predicted molar refractivity (Wildman–Crippen MR) is 143 cm³/mol. The second-order valence-electron chi connectivity index (χ2n) is 8.24. The van der Waals surface area contributed by atoms with Gasteiger partial charge in [-0.3, -0.25) is 0 Å². The van der Waals surface area contributed by atoms with Gasteiger partial charge in [0.15, 0.2) is 0 Å². The molecule has 0 radical (unpaired) electrons. The zero-order chi connectivity index (χ0) is 25.9. The van der Waals surface area contributed by atoms with E-state index in [0.717, 1.165) is 28.2 Å². The summed E-state index contributed by atoms with van der Waals surface area (Å²) in [5.41, 5.74) is 2.05. The summed E-state index contributed by atoms with van der Waals surface area (Å²) in [5.74, 6) is 2.93. The zero-order valence-electron chi connectivity index (χ0n) is 21.1. The lowest BCUT2D eigenvalue weighted by Crippen LogP contribution is -2.34. The number of aliphatic hydroxyl groups excluding tert-OH is 1. The van der Waals surface area contributed by atoms with Gasteiger partial charge in [-0.2, -0.15) is 0 Å². The van der Waals surface area contributed by atoms with Crippen molar-refractivity contribution in [2.45, 2.75) is 5.60 Å². The van der Waals surface area contributed by atoms with E-state index in [-0.39, 0.29) is 13.2 Å². The monoisotopic (exact) mass is 500 g/mol. The number of methoxy groups -OCH3 is 2. The van der Waals surface area contributed by atoms with E-state index < -0.39 is 5.60 Å². The minimum absolute atomic E-state index is 0.0266. The summed E-state index contributed by atoms with van der Waals surface area (Å²) in [6.45, 7) is 0.904. The molecule has 0 aromatic heterocycles. The normalized spacial score (nSPS) is 11.1. The quantitative estimate of drug-likeness (QED) is 0.194. The molecule has 0 spiro atoms. The van der Waals surface area contributed by atoms with Crippen LogP contribution in [0.15, 0.2) is 103 Å². The highest BCUT2D eigenvalue weighted by Crippen LogP contribution is 2.41. The first-order valence-corrected chi connectivity index (χ1v) is 12.1. The van der Waals surface area contributed by atoms with Crippen LogP contribution < -0.4 is 18.9 Å². The zero-order valence-corrected chi connectivity index (χ0v) is 21.1. The lowest BCUT2D eigenvalue weighted by atomic mass is 9.80. The first-order valence-electron chi connectivity index (χ1n) is 12.1. The highest BCUT2D eigenvalue weighted by Gasteiger charge is 2.37. The van der Waals surface area contributed by atoms with E-state index in [2.05, 4.69) is 12.1 Å². The van der Waals surface area contributed by atoms with E-state index in [1.807, 2.05) is 91.0 Å². The molecule has 4 rings (SSSR count). The maximum absolute atomic E-state index is 8.91. The summed E-state index contributed by atoms with van der Waals surface area (Å²) < 4.78 is 29.0. The molecule has 0 aliphatic carbocycles. The Balaban J connectivity index is 1.62. The van der Waals surface area contributed by atoms with E-state index >= 15 is 0 Å². The highest BCUT2D eigenvalue weighted by molar-refractivity contribution is 5.49. The molecule has 0 heterocycles. The van der Waals surface area contributed by atoms with Gasteiger partial charge in [0.25, 0.3) is 0 Å². The molecule has 0 aliphatic rings. The third kappa shape index (κ3) is 6.23. The fourth-order valence-electron chi connectivity index (χ4n) is 4.22. The maximum Gasteiger partial charge on any atom is 0.143 e. The van der Waals surface area contributed by atoms with Gasteiger partial charge >= 0.3 is 0 Å². The smallest absolute Gasteiger partial charge is 0.143 e. The van der Waals surface area contributed by atoms with Gasteiger partial charge in [0.1, 0.15) is 41.8 Å². The standard InChI is InChI=1S/C31H32O6/c1-33-27-12-8-25(9-13-27)31(24-6-4-3-5-7-24,26-10-14-28(34-2)15-11-26)37-23-22-36-30-18-16-29(17-19-30)35-21-20-32/h3-19,32H,20-23H2,1-2H3. The number of aliphatic hydroxyl groups is 1. The molecular weight excluding hydrogens is 468 g/mol. The first-order chi connectivity index (χ1) is 18.2. The SMILES string of the molecule is COc1ccc(C(OCCOc2ccc(OCCO)cc2)(c2ccccc2)c2ccc(OC)cc2)cc1. The van der Waals surface area contributed by atoms with E-state index in [1.165, 1.54) is 0 Å². The van der Waals surface area contributed by atoms with Crippen molar-refractivity contribution in [1.82, 2.24) is 0 Å². The van der Waals surface area contributed by atoms with Gasteiger partial charge in [0.2, 0.25) is 0 Å². The molecule has 0 saturated carbocycles. The van der Waals surface area contributed by atoms with Crippen molar-refractivity contribution >= 4 is 0 Å². The number of rotatable bonds is 13. The molecule has 6 heteroatoms. The van der Waals surface area contributed by atoms with E-state index in [4.69, 9.17) is 28.8 Å². The van der Waals surface area contributed by atoms with Crippen molar-refractivity contribution in [2.24, 2.45) is 0 Å². The van der Waals surface area contributed by atoms with Gasteiger partial charge in [0.05, 0.1) is 27.4 Å². The van der Waals surface area contributed by atoms with E-state index in [0.29, 0.717) is 24.7 Å².